The van der Waals surface area contributed by atoms with Crippen LogP contribution in [0.25, 0.3) is 9.81 Å². The quantitative estimate of drug-likeness (QED) is 0.242. The van der Waals surface area contributed by atoms with E-state index in [9.17, 15) is 0 Å². The van der Waals surface area contributed by atoms with Crippen molar-refractivity contribution in [3.05, 3.63) is 69.5 Å². The van der Waals surface area contributed by atoms with Gasteiger partial charge < -0.3 is 60.0 Å². The van der Waals surface area contributed by atoms with E-state index in [1.807, 2.05) is 48.5 Å². The fraction of sp³-hybridized carbons (Fsp3) is 0.429. The van der Waals surface area contributed by atoms with Crippen molar-refractivity contribution in [1.29, 1.82) is 0 Å². The molecule has 2 fully saturated rings. The van der Waals surface area contributed by atoms with Gasteiger partial charge in [-0.1, -0.05) is 49.2 Å². The van der Waals surface area contributed by atoms with E-state index in [4.69, 9.17) is 60.0 Å². The molecule has 35 heavy (non-hydrogen) atoms. The Bertz CT molecular complexity index is 1040. The summed E-state index contributed by atoms with van der Waals surface area (Å²) in [6, 6.07) is 15.9. The van der Waals surface area contributed by atoms with Crippen LogP contribution in [0.2, 0.25) is 0 Å². The van der Waals surface area contributed by atoms with Gasteiger partial charge in [0.05, 0.1) is 0 Å². The number of hydrogen-bond acceptors (Lipinski definition) is 6. The molecule has 0 saturated heterocycles. The van der Waals surface area contributed by atoms with Crippen LogP contribution >= 0.6 is 0 Å². The molecular formula is C28H28NiO2S4-4. The number of para-hydroxylation sites is 2. The van der Waals surface area contributed by atoms with Crippen LogP contribution in [0.5, 0.6) is 11.5 Å². The summed E-state index contributed by atoms with van der Waals surface area (Å²) in [5.74, 6) is 1.82. The fourth-order valence-electron chi connectivity index (χ4n) is 5.56. The van der Waals surface area contributed by atoms with E-state index >= 15 is 0 Å². The van der Waals surface area contributed by atoms with E-state index in [0.29, 0.717) is 0 Å². The largest absolute Gasteiger partial charge is 0.782 e. The molecule has 0 atom stereocenters. The van der Waals surface area contributed by atoms with Gasteiger partial charge in [0.25, 0.3) is 0 Å². The fourth-order valence-corrected chi connectivity index (χ4v) is 6.98. The third-order valence-corrected chi connectivity index (χ3v) is 9.70. The summed E-state index contributed by atoms with van der Waals surface area (Å²) in [4.78, 5) is 3.35. The Balaban J connectivity index is 0.000000160. The molecule has 0 unspecified atom stereocenters. The molecule has 0 aromatic heterocycles. The summed E-state index contributed by atoms with van der Waals surface area (Å²) in [5, 5.41) is 0. The molecule has 2 aliphatic heterocycles. The van der Waals surface area contributed by atoms with E-state index < -0.39 is 0 Å². The minimum atomic E-state index is -0.279. The van der Waals surface area contributed by atoms with Crippen molar-refractivity contribution in [3.63, 3.8) is 0 Å². The van der Waals surface area contributed by atoms with Gasteiger partial charge in [0.2, 0.25) is 0 Å². The average molecular weight is 583 g/mol. The van der Waals surface area contributed by atoms with Crippen molar-refractivity contribution in [2.45, 2.75) is 75.4 Å². The zero-order valence-corrected chi connectivity index (χ0v) is 23.7. The molecule has 0 bridgehead atoms. The number of benzene rings is 2. The van der Waals surface area contributed by atoms with E-state index in [1.165, 1.54) is 38.5 Å². The molecule has 4 aliphatic rings. The second kappa shape index (κ2) is 11.1. The van der Waals surface area contributed by atoms with Crippen molar-refractivity contribution in [2.75, 3.05) is 0 Å². The van der Waals surface area contributed by atoms with Gasteiger partial charge in [0.1, 0.15) is 22.7 Å². The molecule has 190 valence electrons. The van der Waals surface area contributed by atoms with Gasteiger partial charge in [-0.2, -0.15) is 19.6 Å². The molecule has 2 aromatic carbocycles. The minimum Gasteiger partial charge on any atom is -0.782 e. The molecule has 7 heteroatoms. The molecule has 2 aliphatic carbocycles. The van der Waals surface area contributed by atoms with E-state index in [1.54, 1.807) is 0 Å². The van der Waals surface area contributed by atoms with Crippen LogP contribution in [0.4, 0.5) is 0 Å². The number of ether oxygens (including phenoxy) is 2. The normalized spacial score (nSPS) is 21.5. The molecular weight excluding hydrogens is 555 g/mol. The first-order chi connectivity index (χ1) is 16.5. The van der Waals surface area contributed by atoms with Crippen LogP contribution in [0.1, 0.15) is 75.3 Å². The molecule has 0 N–H and O–H groups in total. The van der Waals surface area contributed by atoms with Gasteiger partial charge in [-0.05, 0) is 74.6 Å². The van der Waals surface area contributed by atoms with Crippen LogP contribution in [0.15, 0.2) is 58.3 Å². The molecule has 2 spiro atoms. The second-order valence-electron chi connectivity index (χ2n) is 9.62. The van der Waals surface area contributed by atoms with Gasteiger partial charge >= 0.3 is 0 Å². The first-order valence-electron chi connectivity index (χ1n) is 12.2. The zero-order valence-electron chi connectivity index (χ0n) is 19.5. The summed E-state index contributed by atoms with van der Waals surface area (Å²) in [5.41, 5.74) is 1.42. The van der Waals surface area contributed by atoms with E-state index in [2.05, 4.69) is 0 Å². The third-order valence-electron chi connectivity index (χ3n) is 7.44. The number of hydrogen-bond donors (Lipinski definition) is 0. The minimum absolute atomic E-state index is 0. The predicted molar refractivity (Wildman–Crippen MR) is 149 cm³/mol. The molecule has 2 heterocycles. The van der Waals surface area contributed by atoms with Crippen LogP contribution in [0, 0.1) is 0 Å². The van der Waals surface area contributed by atoms with Crippen LogP contribution in [-0.4, -0.2) is 11.2 Å². The molecule has 6 rings (SSSR count). The Kier molecular flexibility index (Phi) is 8.55. The standard InChI is InChI=1S/2C14H16OS2.Ni/c2*16-12-10-6-2-3-7-11(10)15-14(13(12)17)8-4-1-5-9-14;/h2*2-3,6-7,16-17H,1,4-5,8-9H2;/p-4. The maximum Gasteiger partial charge on any atom is 0.126 e. The van der Waals surface area contributed by atoms with Crippen molar-refractivity contribution < 1.29 is 26.0 Å². The first kappa shape index (κ1) is 26.9. The SMILES string of the molecule is [Ni].[S-]C1=C([S-])C2(CCCCC2)Oc2ccccc21.[S-]C1=C([S-])C2(CCCCC2)Oc2ccccc21. The summed E-state index contributed by atoms with van der Waals surface area (Å²) < 4.78 is 12.4. The Hall–Kier alpha value is -1.11. The smallest absolute Gasteiger partial charge is 0.126 e. The molecule has 0 amide bonds. The zero-order chi connectivity index (χ0) is 23.8. The Morgan fingerprint density at radius 2 is 0.857 bits per heavy atom. The van der Waals surface area contributed by atoms with E-state index in [-0.39, 0.29) is 27.7 Å². The maximum absolute atomic E-state index is 6.21. The van der Waals surface area contributed by atoms with Gasteiger partial charge in [0.15, 0.2) is 0 Å². The Morgan fingerprint density at radius 1 is 0.514 bits per heavy atom. The maximum atomic E-state index is 6.21. The topological polar surface area (TPSA) is 18.5 Å². The van der Waals surface area contributed by atoms with Gasteiger partial charge in [0, 0.05) is 16.5 Å². The molecule has 2 nitrogen and oxygen atoms in total. The number of rotatable bonds is 0. The molecule has 0 radical (unpaired) electrons. The van der Waals surface area contributed by atoms with Crippen LogP contribution < -0.4 is 9.47 Å². The molecule has 2 saturated carbocycles. The summed E-state index contributed by atoms with van der Waals surface area (Å²) in [6.45, 7) is 0. The summed E-state index contributed by atoms with van der Waals surface area (Å²) in [7, 11) is 0. The van der Waals surface area contributed by atoms with Crippen molar-refractivity contribution in [2.24, 2.45) is 0 Å². The third kappa shape index (κ3) is 5.04. The van der Waals surface area contributed by atoms with Crippen LogP contribution in [-0.2, 0) is 67.0 Å². The number of fused-ring (bicyclic) bond motifs is 2. The summed E-state index contributed by atoms with van der Waals surface area (Å²) >= 11 is 22.2. The average Bonchev–Trinajstić information content (AvgIpc) is 2.88. The van der Waals surface area contributed by atoms with Crippen molar-refractivity contribution in [3.8, 4) is 11.5 Å². The monoisotopic (exact) mass is 582 g/mol. The Labute approximate surface area is 241 Å². The Morgan fingerprint density at radius 3 is 1.23 bits per heavy atom. The second-order valence-corrected chi connectivity index (χ2v) is 11.3. The van der Waals surface area contributed by atoms with Gasteiger partial charge in [-0.25, -0.2) is 0 Å². The van der Waals surface area contributed by atoms with E-state index in [0.717, 1.165) is 67.9 Å². The predicted octanol–water partition coefficient (Wildman–Crippen LogP) is 7.09. The van der Waals surface area contributed by atoms with Gasteiger partial charge in [-0.3, -0.25) is 0 Å². The van der Waals surface area contributed by atoms with Crippen molar-refractivity contribution in [1.82, 2.24) is 0 Å². The molecule has 2 aromatic rings. The van der Waals surface area contributed by atoms with Gasteiger partial charge in [-0.15, -0.1) is 0 Å². The first-order valence-corrected chi connectivity index (χ1v) is 13.8. The summed E-state index contributed by atoms with van der Waals surface area (Å²) in [6.07, 6.45) is 11.4. The van der Waals surface area contributed by atoms with Crippen LogP contribution in [0.3, 0.4) is 0 Å². The van der Waals surface area contributed by atoms with Crippen molar-refractivity contribution >= 4 is 60.3 Å².